The van der Waals surface area contributed by atoms with Crippen LogP contribution in [0.3, 0.4) is 0 Å². The highest BCUT2D eigenvalue weighted by molar-refractivity contribution is 8.04. The maximum absolute atomic E-state index is 13.0. The number of benzene rings is 2. The Hall–Kier alpha value is -2.86. The maximum atomic E-state index is 13.0. The zero-order valence-electron chi connectivity index (χ0n) is 13.5. The fourth-order valence-electron chi connectivity index (χ4n) is 2.89. The lowest BCUT2D eigenvalue weighted by molar-refractivity contribution is -0.115. The molecule has 1 fully saturated rings. The predicted octanol–water partition coefficient (Wildman–Crippen LogP) is 3.40. The van der Waals surface area contributed by atoms with Gasteiger partial charge in [0, 0.05) is 5.69 Å². The van der Waals surface area contributed by atoms with Crippen LogP contribution >= 0.6 is 11.8 Å². The van der Waals surface area contributed by atoms with Crippen LogP contribution in [0.4, 0.5) is 11.4 Å². The first-order valence-electron chi connectivity index (χ1n) is 7.87. The van der Waals surface area contributed by atoms with Crippen molar-refractivity contribution in [3.8, 4) is 0 Å². The first kappa shape index (κ1) is 15.7. The van der Waals surface area contributed by atoms with Gasteiger partial charge in [0.15, 0.2) is 0 Å². The number of thioether (sulfide) groups is 1. The molecule has 0 atom stereocenters. The third-order valence-electron chi connectivity index (χ3n) is 4.03. The van der Waals surface area contributed by atoms with E-state index in [0.29, 0.717) is 27.8 Å². The lowest BCUT2D eigenvalue weighted by atomic mass is 10.1. The van der Waals surface area contributed by atoms with Crippen molar-refractivity contribution < 1.29 is 9.59 Å². The number of nitrogens with zero attached hydrogens (tertiary/aromatic N) is 3. The van der Waals surface area contributed by atoms with E-state index >= 15 is 0 Å². The molecule has 2 aromatic carbocycles. The van der Waals surface area contributed by atoms with Gasteiger partial charge in [-0.25, -0.2) is 0 Å². The minimum absolute atomic E-state index is 0.0301. The number of amides is 2. The number of para-hydroxylation sites is 2. The fraction of sp³-hybridized carbons (Fsp3) is 0.105. The Balaban J connectivity index is 1.79. The summed E-state index contributed by atoms with van der Waals surface area (Å²) in [5.41, 5.74) is 2.58. The zero-order chi connectivity index (χ0) is 17.4. The molecular weight excluding hydrogens is 334 g/mol. The molecule has 2 aromatic rings. The zero-order valence-corrected chi connectivity index (χ0v) is 14.4. The van der Waals surface area contributed by atoms with E-state index in [2.05, 4.69) is 5.10 Å². The molecule has 4 rings (SSSR count). The van der Waals surface area contributed by atoms with Crippen LogP contribution in [0.25, 0.3) is 0 Å². The van der Waals surface area contributed by atoms with Gasteiger partial charge >= 0.3 is 0 Å². The van der Waals surface area contributed by atoms with Crippen molar-refractivity contribution in [2.45, 2.75) is 6.92 Å². The van der Waals surface area contributed by atoms with Gasteiger partial charge in [-0.2, -0.15) is 10.1 Å². The molecule has 0 radical (unpaired) electrons. The van der Waals surface area contributed by atoms with Crippen molar-refractivity contribution in [2.24, 2.45) is 5.10 Å². The van der Waals surface area contributed by atoms with Crippen LogP contribution in [-0.2, 0) is 9.59 Å². The van der Waals surface area contributed by atoms with Crippen molar-refractivity contribution in [3.05, 3.63) is 71.3 Å². The van der Waals surface area contributed by atoms with E-state index in [1.807, 2.05) is 60.7 Å². The average Bonchev–Trinajstić information content (AvgIpc) is 3.15. The van der Waals surface area contributed by atoms with Crippen molar-refractivity contribution in [2.75, 3.05) is 15.7 Å². The van der Waals surface area contributed by atoms with Crippen LogP contribution in [0.2, 0.25) is 0 Å². The highest BCUT2D eigenvalue weighted by Crippen LogP contribution is 2.38. The van der Waals surface area contributed by atoms with E-state index in [-0.39, 0.29) is 11.8 Å². The number of carbonyl (C=O) groups is 2. The number of hydrazone groups is 1. The molecule has 0 bridgehead atoms. The normalized spacial score (nSPS) is 20.4. The van der Waals surface area contributed by atoms with E-state index in [9.17, 15) is 9.59 Å². The second-order valence-electron chi connectivity index (χ2n) is 5.67. The molecule has 2 aliphatic heterocycles. The maximum Gasteiger partial charge on any atom is 0.283 e. The molecule has 6 heteroatoms. The molecule has 124 valence electrons. The Labute approximate surface area is 149 Å². The molecule has 0 spiro atoms. The number of anilines is 2. The molecule has 2 aliphatic rings. The highest BCUT2D eigenvalue weighted by Gasteiger charge is 2.38. The van der Waals surface area contributed by atoms with Crippen molar-refractivity contribution >= 4 is 40.7 Å². The standard InChI is InChI=1S/C19H15N3O2S/c1-13-17(18(24)22(20-13)15-10-6-3-7-11-15)19-21(16(23)12-25-19)14-8-4-2-5-9-14/h2-11H,12H2,1H3. The Morgan fingerprint density at radius 1 is 0.920 bits per heavy atom. The minimum Gasteiger partial charge on any atom is -0.274 e. The molecular formula is C19H15N3O2S. The third-order valence-corrected chi connectivity index (χ3v) is 5.08. The van der Waals surface area contributed by atoms with Gasteiger partial charge in [0.05, 0.1) is 27.8 Å². The number of hydrogen-bond acceptors (Lipinski definition) is 4. The predicted molar refractivity (Wildman–Crippen MR) is 100 cm³/mol. The Morgan fingerprint density at radius 3 is 2.16 bits per heavy atom. The van der Waals surface area contributed by atoms with Crippen LogP contribution in [0.5, 0.6) is 0 Å². The summed E-state index contributed by atoms with van der Waals surface area (Å²) >= 11 is 1.38. The van der Waals surface area contributed by atoms with Crippen LogP contribution < -0.4 is 9.91 Å². The summed E-state index contributed by atoms with van der Waals surface area (Å²) in [6.07, 6.45) is 0. The van der Waals surface area contributed by atoms with Crippen LogP contribution in [-0.4, -0.2) is 23.3 Å². The van der Waals surface area contributed by atoms with Crippen LogP contribution in [0, 0.1) is 0 Å². The van der Waals surface area contributed by atoms with E-state index in [0.717, 1.165) is 5.69 Å². The molecule has 25 heavy (non-hydrogen) atoms. The fourth-order valence-corrected chi connectivity index (χ4v) is 4.00. The molecule has 0 N–H and O–H groups in total. The Bertz CT molecular complexity index is 907. The summed E-state index contributed by atoms with van der Waals surface area (Å²) in [6, 6.07) is 18.7. The molecule has 0 aromatic heterocycles. The molecule has 0 saturated carbocycles. The summed E-state index contributed by atoms with van der Waals surface area (Å²) in [5.74, 6) is 0.0823. The number of rotatable bonds is 2. The number of carbonyl (C=O) groups excluding carboxylic acids is 2. The SMILES string of the molecule is CC1=NN(c2ccccc2)C(=O)C1=C1SCC(=O)N1c1ccccc1. The first-order chi connectivity index (χ1) is 12.2. The molecule has 0 unspecified atom stereocenters. The lowest BCUT2D eigenvalue weighted by Crippen LogP contribution is -2.28. The molecule has 0 aliphatic carbocycles. The molecule has 1 saturated heterocycles. The summed E-state index contributed by atoms with van der Waals surface area (Å²) in [5, 5.41) is 6.46. The van der Waals surface area contributed by atoms with E-state index in [1.165, 1.54) is 16.8 Å². The van der Waals surface area contributed by atoms with Gasteiger partial charge < -0.3 is 0 Å². The monoisotopic (exact) mass is 349 g/mol. The van der Waals surface area contributed by atoms with Gasteiger partial charge in [-0.3, -0.25) is 14.5 Å². The quantitative estimate of drug-likeness (QED) is 0.781. The van der Waals surface area contributed by atoms with Crippen molar-refractivity contribution in [1.29, 1.82) is 0 Å². The van der Waals surface area contributed by atoms with Crippen LogP contribution in [0.1, 0.15) is 6.92 Å². The molecule has 2 heterocycles. The average molecular weight is 349 g/mol. The molecule has 2 amide bonds. The Kier molecular flexibility index (Phi) is 3.89. The highest BCUT2D eigenvalue weighted by atomic mass is 32.2. The van der Waals surface area contributed by atoms with E-state index in [4.69, 9.17) is 0 Å². The van der Waals surface area contributed by atoms with Gasteiger partial charge in [0.2, 0.25) is 5.91 Å². The topological polar surface area (TPSA) is 53.0 Å². The van der Waals surface area contributed by atoms with Crippen molar-refractivity contribution in [3.63, 3.8) is 0 Å². The summed E-state index contributed by atoms with van der Waals surface area (Å²) < 4.78 is 0. The molecule has 5 nitrogen and oxygen atoms in total. The third kappa shape index (κ3) is 2.64. The largest absolute Gasteiger partial charge is 0.283 e. The van der Waals surface area contributed by atoms with Crippen molar-refractivity contribution in [1.82, 2.24) is 0 Å². The van der Waals surface area contributed by atoms with Gasteiger partial charge in [0.25, 0.3) is 5.91 Å². The second-order valence-corrected chi connectivity index (χ2v) is 6.64. The first-order valence-corrected chi connectivity index (χ1v) is 8.85. The van der Waals surface area contributed by atoms with E-state index < -0.39 is 0 Å². The summed E-state index contributed by atoms with van der Waals surface area (Å²) in [7, 11) is 0. The summed E-state index contributed by atoms with van der Waals surface area (Å²) in [4.78, 5) is 27.0. The second kappa shape index (κ2) is 6.22. The van der Waals surface area contributed by atoms with Gasteiger partial charge in [-0.05, 0) is 31.2 Å². The number of hydrogen-bond donors (Lipinski definition) is 0. The summed E-state index contributed by atoms with van der Waals surface area (Å²) in [6.45, 7) is 1.80. The van der Waals surface area contributed by atoms with E-state index in [1.54, 1.807) is 11.8 Å². The van der Waals surface area contributed by atoms with Crippen LogP contribution in [0.15, 0.2) is 76.4 Å². The minimum atomic E-state index is -0.207. The van der Waals surface area contributed by atoms with Gasteiger partial charge in [-0.15, -0.1) is 0 Å². The Morgan fingerprint density at radius 2 is 1.52 bits per heavy atom. The smallest absolute Gasteiger partial charge is 0.274 e. The van der Waals surface area contributed by atoms with Gasteiger partial charge in [0.1, 0.15) is 0 Å². The lowest BCUT2D eigenvalue weighted by Gasteiger charge is -2.19. The van der Waals surface area contributed by atoms with Gasteiger partial charge in [-0.1, -0.05) is 48.2 Å².